The monoisotopic (exact) mass is 169 g/mol. The van der Waals surface area contributed by atoms with Gasteiger partial charge in [0.15, 0.2) is 0 Å². The average Bonchev–Trinajstić information content (AvgIpc) is 2.30. The molecule has 12 heavy (non-hydrogen) atoms. The fourth-order valence-electron chi connectivity index (χ4n) is 1.19. The summed E-state index contributed by atoms with van der Waals surface area (Å²) in [6.07, 6.45) is 1.81. The topological polar surface area (TPSA) is 52.9 Å². The van der Waals surface area contributed by atoms with Gasteiger partial charge in [-0.05, 0) is 19.4 Å². The van der Waals surface area contributed by atoms with E-state index in [1.807, 2.05) is 11.7 Å². The van der Waals surface area contributed by atoms with Crippen LogP contribution in [0.25, 0.3) is 0 Å². The molecule has 68 valence electrons. The van der Waals surface area contributed by atoms with E-state index in [2.05, 4.69) is 0 Å². The molecular weight excluding hydrogens is 154 g/mol. The number of aryl methyl sites for hydroxylation is 1. The van der Waals surface area contributed by atoms with Gasteiger partial charge in [-0.2, -0.15) is 0 Å². The molecule has 0 aliphatic carbocycles. The second-order valence-corrected chi connectivity index (χ2v) is 2.91. The third-order valence-corrected chi connectivity index (χ3v) is 2.11. The average molecular weight is 169 g/mol. The molecule has 1 aromatic heterocycles. The highest BCUT2D eigenvalue weighted by Gasteiger charge is 2.02. The first-order valence-corrected chi connectivity index (χ1v) is 4.08. The summed E-state index contributed by atoms with van der Waals surface area (Å²) >= 11 is 0. The fourth-order valence-corrected chi connectivity index (χ4v) is 1.19. The summed E-state index contributed by atoms with van der Waals surface area (Å²) in [6.45, 7) is 0.670. The third kappa shape index (κ3) is 1.58. The van der Waals surface area contributed by atoms with Gasteiger partial charge in [0.25, 0.3) is 5.56 Å². The Balaban J connectivity index is 2.86. The zero-order valence-electron chi connectivity index (χ0n) is 7.58. The summed E-state index contributed by atoms with van der Waals surface area (Å²) in [5, 5.41) is 0. The Kier molecular flexibility index (Phi) is 2.70. The molecule has 4 heteroatoms. The Hall–Kier alpha value is -1.03. The third-order valence-electron chi connectivity index (χ3n) is 2.11. The van der Waals surface area contributed by atoms with Crippen LogP contribution in [0.2, 0.25) is 0 Å². The van der Waals surface area contributed by atoms with Crippen molar-refractivity contribution < 1.29 is 0 Å². The summed E-state index contributed by atoms with van der Waals surface area (Å²) in [4.78, 5) is 11.1. The zero-order valence-corrected chi connectivity index (χ0v) is 7.58. The second-order valence-electron chi connectivity index (χ2n) is 2.91. The maximum atomic E-state index is 11.1. The van der Waals surface area contributed by atoms with Gasteiger partial charge in [-0.3, -0.25) is 14.2 Å². The van der Waals surface area contributed by atoms with E-state index in [9.17, 15) is 4.79 Å². The number of nitrogens with two attached hydrogens (primary N) is 1. The number of nitrogens with zero attached hydrogens (tertiary/aromatic N) is 2. The number of hydrogen-bond donors (Lipinski definition) is 1. The maximum absolute atomic E-state index is 11.1. The lowest BCUT2D eigenvalue weighted by atomic mass is 10.2. The van der Waals surface area contributed by atoms with Crippen molar-refractivity contribution in [2.75, 3.05) is 6.54 Å². The van der Waals surface area contributed by atoms with Crippen LogP contribution in [0.4, 0.5) is 0 Å². The first kappa shape index (κ1) is 9.06. The highest BCUT2D eigenvalue weighted by atomic mass is 16.1. The molecule has 0 spiro atoms. The van der Waals surface area contributed by atoms with E-state index in [4.69, 9.17) is 5.73 Å². The minimum atomic E-state index is 0.0459. The highest BCUT2D eigenvalue weighted by Crippen LogP contribution is 1.97. The largest absolute Gasteiger partial charge is 0.330 e. The van der Waals surface area contributed by atoms with Gasteiger partial charge in [-0.1, -0.05) is 0 Å². The molecule has 4 nitrogen and oxygen atoms in total. The van der Waals surface area contributed by atoms with Gasteiger partial charge in [0, 0.05) is 25.9 Å². The molecule has 0 aliphatic heterocycles. The molecule has 1 aromatic rings. The summed E-state index contributed by atoms with van der Waals surface area (Å²) < 4.78 is 3.45. The van der Waals surface area contributed by atoms with Gasteiger partial charge in [0.2, 0.25) is 0 Å². The summed E-state index contributed by atoms with van der Waals surface area (Å²) in [7, 11) is 3.64. The Labute approximate surface area is 71.6 Å². The normalized spacial score (nSPS) is 10.6. The Bertz CT molecular complexity index is 311. The van der Waals surface area contributed by atoms with Crippen molar-refractivity contribution in [1.29, 1.82) is 0 Å². The van der Waals surface area contributed by atoms with E-state index in [1.165, 1.54) is 0 Å². The van der Waals surface area contributed by atoms with Crippen LogP contribution >= 0.6 is 0 Å². The smallest absolute Gasteiger partial charge is 0.266 e. The summed E-state index contributed by atoms with van der Waals surface area (Å²) in [5.41, 5.74) is 6.47. The van der Waals surface area contributed by atoms with Gasteiger partial charge < -0.3 is 5.73 Å². The van der Waals surface area contributed by atoms with Crippen LogP contribution in [0.3, 0.4) is 0 Å². The molecule has 0 saturated heterocycles. The van der Waals surface area contributed by atoms with Crippen LogP contribution in [0.1, 0.15) is 12.1 Å². The molecule has 0 bridgehead atoms. The van der Waals surface area contributed by atoms with Gasteiger partial charge in [0.05, 0.1) is 0 Å². The maximum Gasteiger partial charge on any atom is 0.266 e. The highest BCUT2D eigenvalue weighted by molar-refractivity contribution is 5.01. The SMILES string of the molecule is Cn1c(CCCN)cc(=O)n1C. The molecule has 0 unspecified atom stereocenters. The summed E-state index contributed by atoms with van der Waals surface area (Å²) in [5.74, 6) is 0. The van der Waals surface area contributed by atoms with Crippen molar-refractivity contribution in [3.05, 3.63) is 22.1 Å². The predicted octanol–water partition coefficient (Wildman–Crippen LogP) is -0.385. The molecule has 0 atom stereocenters. The molecule has 0 aliphatic rings. The number of aromatic nitrogens is 2. The molecule has 1 heterocycles. The zero-order chi connectivity index (χ0) is 9.14. The molecule has 0 aromatic carbocycles. The van der Waals surface area contributed by atoms with E-state index in [0.29, 0.717) is 6.54 Å². The lowest BCUT2D eigenvalue weighted by molar-refractivity contribution is 0.552. The van der Waals surface area contributed by atoms with Crippen molar-refractivity contribution in [3.8, 4) is 0 Å². The van der Waals surface area contributed by atoms with Crippen LogP contribution in [-0.2, 0) is 20.5 Å². The molecule has 1 rings (SSSR count). The Morgan fingerprint density at radius 3 is 2.50 bits per heavy atom. The van der Waals surface area contributed by atoms with E-state index in [0.717, 1.165) is 18.5 Å². The van der Waals surface area contributed by atoms with Crippen LogP contribution in [0.15, 0.2) is 10.9 Å². The molecule has 0 fully saturated rings. The quantitative estimate of drug-likeness (QED) is 0.670. The lowest BCUT2D eigenvalue weighted by Crippen LogP contribution is -2.17. The molecule has 2 N–H and O–H groups in total. The fraction of sp³-hybridized carbons (Fsp3) is 0.625. The van der Waals surface area contributed by atoms with Gasteiger partial charge in [-0.15, -0.1) is 0 Å². The standard InChI is InChI=1S/C8H15N3O/c1-10-7(4-3-5-9)6-8(12)11(10)2/h6H,3-5,9H2,1-2H3. The van der Waals surface area contributed by atoms with Crippen molar-refractivity contribution in [2.45, 2.75) is 12.8 Å². The molecule has 0 saturated carbocycles. The van der Waals surface area contributed by atoms with Crippen LogP contribution in [0.5, 0.6) is 0 Å². The predicted molar refractivity (Wildman–Crippen MR) is 48.0 cm³/mol. The Morgan fingerprint density at radius 2 is 2.08 bits per heavy atom. The molecular formula is C8H15N3O. The van der Waals surface area contributed by atoms with E-state index >= 15 is 0 Å². The van der Waals surface area contributed by atoms with Crippen molar-refractivity contribution in [1.82, 2.24) is 9.36 Å². The van der Waals surface area contributed by atoms with Crippen molar-refractivity contribution in [3.63, 3.8) is 0 Å². The number of rotatable bonds is 3. The lowest BCUT2D eigenvalue weighted by Gasteiger charge is -2.03. The minimum Gasteiger partial charge on any atom is -0.330 e. The van der Waals surface area contributed by atoms with Crippen molar-refractivity contribution >= 4 is 0 Å². The first-order chi connectivity index (χ1) is 5.66. The van der Waals surface area contributed by atoms with E-state index in [-0.39, 0.29) is 5.56 Å². The van der Waals surface area contributed by atoms with Crippen LogP contribution in [0, 0.1) is 0 Å². The van der Waals surface area contributed by atoms with E-state index < -0.39 is 0 Å². The molecule has 0 radical (unpaired) electrons. The Morgan fingerprint density at radius 1 is 1.42 bits per heavy atom. The van der Waals surface area contributed by atoms with Gasteiger partial charge in [0.1, 0.15) is 0 Å². The van der Waals surface area contributed by atoms with Crippen molar-refractivity contribution in [2.24, 2.45) is 19.8 Å². The summed E-state index contributed by atoms with van der Waals surface area (Å²) in [6, 6.07) is 1.66. The van der Waals surface area contributed by atoms with Crippen LogP contribution in [-0.4, -0.2) is 15.9 Å². The van der Waals surface area contributed by atoms with Crippen LogP contribution < -0.4 is 11.3 Å². The van der Waals surface area contributed by atoms with Gasteiger partial charge >= 0.3 is 0 Å². The molecule has 0 amide bonds. The number of hydrogen-bond acceptors (Lipinski definition) is 2. The van der Waals surface area contributed by atoms with Gasteiger partial charge in [-0.25, -0.2) is 0 Å². The minimum absolute atomic E-state index is 0.0459. The van der Waals surface area contributed by atoms with E-state index in [1.54, 1.807) is 17.8 Å². The first-order valence-electron chi connectivity index (χ1n) is 4.08. The second kappa shape index (κ2) is 3.58.